The summed E-state index contributed by atoms with van der Waals surface area (Å²) in [7, 11) is 0. The Labute approximate surface area is 110 Å². The molecule has 94 valence electrons. The van der Waals surface area contributed by atoms with Crippen LogP contribution in [0.15, 0.2) is 24.3 Å². The van der Waals surface area contributed by atoms with Gasteiger partial charge in [-0.1, -0.05) is 43.6 Å². The summed E-state index contributed by atoms with van der Waals surface area (Å²) in [4.78, 5) is 0. The Hall–Kier alpha value is -0.0500. The van der Waals surface area contributed by atoms with Crippen molar-refractivity contribution in [1.29, 1.82) is 0 Å². The SMILES string of the molecule is CC1(C)CO[P@@](=O)(Cl)OC1c1ccccc1Cl. The molecule has 1 aromatic carbocycles. The molecule has 0 N–H and O–H groups in total. The molecule has 0 aliphatic carbocycles. The Bertz CT molecular complexity index is 476. The molecule has 0 spiro atoms. The third-order valence-corrected chi connectivity index (χ3v) is 4.50. The van der Waals surface area contributed by atoms with Gasteiger partial charge in [-0.25, -0.2) is 4.57 Å². The molecule has 1 unspecified atom stereocenters. The molecule has 17 heavy (non-hydrogen) atoms. The summed E-state index contributed by atoms with van der Waals surface area (Å²) < 4.78 is 22.1. The first-order valence-corrected chi connectivity index (χ1v) is 8.01. The Morgan fingerprint density at radius 3 is 2.71 bits per heavy atom. The van der Waals surface area contributed by atoms with Gasteiger partial charge in [0.05, 0.1) is 6.61 Å². The van der Waals surface area contributed by atoms with E-state index in [1.165, 1.54) is 0 Å². The van der Waals surface area contributed by atoms with Gasteiger partial charge in [0.15, 0.2) is 0 Å². The minimum atomic E-state index is -3.49. The van der Waals surface area contributed by atoms with E-state index in [-0.39, 0.29) is 12.0 Å². The molecule has 1 fully saturated rings. The second kappa shape index (κ2) is 4.56. The zero-order valence-electron chi connectivity index (χ0n) is 9.52. The van der Waals surface area contributed by atoms with E-state index in [1.54, 1.807) is 6.07 Å². The molecule has 0 radical (unpaired) electrons. The summed E-state index contributed by atoms with van der Waals surface area (Å²) in [5.41, 5.74) is 0.441. The molecule has 0 aromatic heterocycles. The maximum absolute atomic E-state index is 11.7. The van der Waals surface area contributed by atoms with Crippen molar-refractivity contribution in [3.63, 3.8) is 0 Å². The Kier molecular flexibility index (Phi) is 3.59. The average molecular weight is 295 g/mol. The summed E-state index contributed by atoms with van der Waals surface area (Å²) in [6, 6.07) is 7.30. The molecule has 0 saturated carbocycles. The van der Waals surface area contributed by atoms with E-state index in [9.17, 15) is 4.57 Å². The molecule has 0 amide bonds. The predicted molar refractivity (Wildman–Crippen MR) is 68.5 cm³/mol. The zero-order valence-corrected chi connectivity index (χ0v) is 11.9. The number of halogens is 2. The minimum Gasteiger partial charge on any atom is -0.296 e. The Morgan fingerprint density at radius 2 is 2.06 bits per heavy atom. The lowest BCUT2D eigenvalue weighted by Crippen LogP contribution is -2.32. The van der Waals surface area contributed by atoms with Crippen molar-refractivity contribution in [1.82, 2.24) is 0 Å². The number of hydrogen-bond acceptors (Lipinski definition) is 3. The van der Waals surface area contributed by atoms with Crippen LogP contribution < -0.4 is 0 Å². The van der Waals surface area contributed by atoms with Crippen molar-refractivity contribution in [2.45, 2.75) is 20.0 Å². The van der Waals surface area contributed by atoms with Crippen LogP contribution in [0.2, 0.25) is 5.02 Å². The van der Waals surface area contributed by atoms with Crippen LogP contribution in [0.4, 0.5) is 0 Å². The highest BCUT2D eigenvalue weighted by molar-refractivity contribution is 7.81. The van der Waals surface area contributed by atoms with Crippen molar-refractivity contribution in [2.75, 3.05) is 6.61 Å². The smallest absolute Gasteiger partial charge is 0.296 e. The van der Waals surface area contributed by atoms with Crippen LogP contribution >= 0.6 is 29.8 Å². The van der Waals surface area contributed by atoms with E-state index in [2.05, 4.69) is 0 Å². The van der Waals surface area contributed by atoms with Crippen LogP contribution in [0, 0.1) is 5.41 Å². The Morgan fingerprint density at radius 1 is 1.41 bits per heavy atom. The lowest BCUT2D eigenvalue weighted by molar-refractivity contribution is -0.0202. The lowest BCUT2D eigenvalue weighted by Gasteiger charge is -2.39. The van der Waals surface area contributed by atoms with Crippen LogP contribution in [0.5, 0.6) is 0 Å². The molecule has 3 nitrogen and oxygen atoms in total. The molecule has 1 saturated heterocycles. The second-order valence-corrected chi connectivity index (χ2v) is 7.68. The molecular formula is C11H13Cl2O3P. The van der Waals surface area contributed by atoms with Crippen LogP contribution in [0.3, 0.4) is 0 Å². The van der Waals surface area contributed by atoms with Crippen molar-refractivity contribution >= 4 is 29.8 Å². The number of rotatable bonds is 1. The van der Waals surface area contributed by atoms with Gasteiger partial charge >= 0.3 is 6.95 Å². The first-order valence-electron chi connectivity index (χ1n) is 5.19. The molecule has 1 aliphatic heterocycles. The summed E-state index contributed by atoms with van der Waals surface area (Å²) >= 11 is 11.8. The Balaban J connectivity index is 2.41. The van der Waals surface area contributed by atoms with Gasteiger partial charge in [0.1, 0.15) is 6.10 Å². The van der Waals surface area contributed by atoms with Gasteiger partial charge in [-0.2, -0.15) is 0 Å². The minimum absolute atomic E-state index is 0.268. The standard InChI is InChI=1S/C11H13Cl2O3P/c1-11(2)7-15-17(13,14)16-10(11)8-5-3-4-6-9(8)12/h3-6,10H,7H2,1-2H3/t10?,17-/m0/s1. The maximum Gasteiger partial charge on any atom is 0.424 e. The van der Waals surface area contributed by atoms with E-state index >= 15 is 0 Å². The van der Waals surface area contributed by atoms with E-state index in [0.717, 1.165) is 5.56 Å². The largest absolute Gasteiger partial charge is 0.424 e. The maximum atomic E-state index is 11.7. The van der Waals surface area contributed by atoms with Crippen LogP contribution in [-0.4, -0.2) is 6.61 Å². The third kappa shape index (κ3) is 2.86. The van der Waals surface area contributed by atoms with Gasteiger partial charge in [0.2, 0.25) is 0 Å². The molecule has 6 heteroatoms. The first kappa shape index (κ1) is 13.4. The highest BCUT2D eigenvalue weighted by atomic mass is 35.7. The molecule has 2 atom stereocenters. The van der Waals surface area contributed by atoms with Gasteiger partial charge in [0.25, 0.3) is 0 Å². The molecular weight excluding hydrogens is 282 g/mol. The third-order valence-electron chi connectivity index (χ3n) is 2.72. The zero-order chi connectivity index (χ0) is 12.7. The van der Waals surface area contributed by atoms with Gasteiger partial charge in [-0.3, -0.25) is 9.05 Å². The first-order chi connectivity index (χ1) is 7.82. The normalized spacial score (nSPS) is 32.4. The lowest BCUT2D eigenvalue weighted by atomic mass is 9.83. The van der Waals surface area contributed by atoms with E-state index < -0.39 is 13.1 Å². The summed E-state index contributed by atoms with van der Waals surface area (Å²) in [5.74, 6) is 0. The molecule has 1 heterocycles. The topological polar surface area (TPSA) is 35.5 Å². The van der Waals surface area contributed by atoms with Crippen LogP contribution in [-0.2, 0) is 13.6 Å². The number of benzene rings is 1. The molecule has 1 aromatic rings. The van der Waals surface area contributed by atoms with Gasteiger partial charge in [-0.15, -0.1) is 0 Å². The van der Waals surface area contributed by atoms with Crippen molar-refractivity contribution < 1.29 is 13.6 Å². The molecule has 1 aliphatic rings. The summed E-state index contributed by atoms with van der Waals surface area (Å²) in [6.45, 7) is 0.684. The molecule has 0 bridgehead atoms. The van der Waals surface area contributed by atoms with E-state index in [0.29, 0.717) is 5.02 Å². The average Bonchev–Trinajstić information content (AvgIpc) is 2.23. The van der Waals surface area contributed by atoms with Gasteiger partial charge in [0, 0.05) is 27.2 Å². The second-order valence-electron chi connectivity index (χ2n) is 4.70. The monoisotopic (exact) mass is 294 g/mol. The quantitative estimate of drug-likeness (QED) is 0.698. The van der Waals surface area contributed by atoms with Crippen LogP contribution in [0.1, 0.15) is 25.5 Å². The fourth-order valence-electron chi connectivity index (χ4n) is 1.78. The van der Waals surface area contributed by atoms with Crippen LogP contribution in [0.25, 0.3) is 0 Å². The van der Waals surface area contributed by atoms with Crippen molar-refractivity contribution in [3.8, 4) is 0 Å². The highest BCUT2D eigenvalue weighted by Gasteiger charge is 2.44. The van der Waals surface area contributed by atoms with E-state index in [1.807, 2.05) is 32.0 Å². The van der Waals surface area contributed by atoms with Gasteiger partial charge < -0.3 is 0 Å². The van der Waals surface area contributed by atoms with Crippen molar-refractivity contribution in [2.24, 2.45) is 5.41 Å². The van der Waals surface area contributed by atoms with Crippen molar-refractivity contribution in [3.05, 3.63) is 34.9 Å². The highest BCUT2D eigenvalue weighted by Crippen LogP contribution is 2.64. The fraction of sp³-hybridized carbons (Fsp3) is 0.455. The van der Waals surface area contributed by atoms with E-state index in [4.69, 9.17) is 31.9 Å². The van der Waals surface area contributed by atoms with Gasteiger partial charge in [-0.05, 0) is 6.07 Å². The fourth-order valence-corrected chi connectivity index (χ4v) is 3.60. The molecule has 2 rings (SSSR count). The summed E-state index contributed by atoms with van der Waals surface area (Å²) in [5, 5.41) is 0.573. The summed E-state index contributed by atoms with van der Waals surface area (Å²) in [6.07, 6.45) is -0.437. The predicted octanol–water partition coefficient (Wildman–Crippen LogP) is 4.80. The number of hydrogen-bond donors (Lipinski definition) is 0.